The summed E-state index contributed by atoms with van der Waals surface area (Å²) in [5.74, 6) is -0.0333. The number of rotatable bonds is 7. The van der Waals surface area contributed by atoms with E-state index in [0.717, 1.165) is 31.2 Å². The Bertz CT molecular complexity index is 923. The minimum Gasteiger partial charge on any atom is -0.495 e. The number of methoxy groups -OCH3 is 1. The summed E-state index contributed by atoms with van der Waals surface area (Å²) in [6.45, 7) is 0.227. The van der Waals surface area contributed by atoms with Gasteiger partial charge in [0.1, 0.15) is 10.6 Å². The molecule has 6 nitrogen and oxygen atoms in total. The van der Waals surface area contributed by atoms with Gasteiger partial charge in [-0.25, -0.2) is 8.42 Å². The van der Waals surface area contributed by atoms with Crippen LogP contribution in [0.2, 0.25) is 0 Å². The number of nitrogens with zero attached hydrogens (tertiary/aromatic N) is 1. The van der Waals surface area contributed by atoms with Crippen molar-refractivity contribution in [3.63, 3.8) is 0 Å². The summed E-state index contributed by atoms with van der Waals surface area (Å²) in [5.41, 5.74) is 1.20. The Morgan fingerprint density at radius 3 is 2.46 bits per heavy atom. The number of carbonyl (C=O) groups is 1. The lowest BCUT2D eigenvalue weighted by Gasteiger charge is -2.20. The van der Waals surface area contributed by atoms with Crippen LogP contribution in [-0.2, 0) is 16.6 Å². The summed E-state index contributed by atoms with van der Waals surface area (Å²) in [4.78, 5) is 12.6. The van der Waals surface area contributed by atoms with Crippen molar-refractivity contribution in [1.82, 2.24) is 9.62 Å². The molecule has 0 atom stereocenters. The molecule has 1 amide bonds. The maximum Gasteiger partial charge on any atom is 0.251 e. The lowest BCUT2D eigenvalue weighted by Crippen LogP contribution is -2.33. The molecule has 0 radical (unpaired) electrons. The third-order valence-corrected chi connectivity index (χ3v) is 6.88. The summed E-state index contributed by atoms with van der Waals surface area (Å²) in [7, 11) is -0.894. The van der Waals surface area contributed by atoms with Gasteiger partial charge in [0.25, 0.3) is 5.91 Å². The van der Waals surface area contributed by atoms with Crippen molar-refractivity contribution in [1.29, 1.82) is 0 Å². The smallest absolute Gasteiger partial charge is 0.251 e. The largest absolute Gasteiger partial charge is 0.495 e. The Labute approximate surface area is 166 Å². The molecule has 0 aliphatic heterocycles. The molecule has 0 bridgehead atoms. The highest BCUT2D eigenvalue weighted by atomic mass is 32.2. The fourth-order valence-electron chi connectivity index (χ4n) is 3.45. The predicted octanol–water partition coefficient (Wildman–Crippen LogP) is 3.19. The van der Waals surface area contributed by atoms with Gasteiger partial charge < -0.3 is 10.1 Å². The lowest BCUT2D eigenvalue weighted by atomic mass is 10.1. The molecule has 7 heteroatoms. The van der Waals surface area contributed by atoms with E-state index in [0.29, 0.717) is 5.56 Å². The first-order chi connectivity index (χ1) is 13.4. The van der Waals surface area contributed by atoms with E-state index in [2.05, 4.69) is 5.32 Å². The van der Waals surface area contributed by atoms with Crippen LogP contribution in [0.5, 0.6) is 5.75 Å². The summed E-state index contributed by atoms with van der Waals surface area (Å²) in [5, 5.41) is 2.99. The van der Waals surface area contributed by atoms with Gasteiger partial charge in [-0.15, -0.1) is 0 Å². The van der Waals surface area contributed by atoms with E-state index >= 15 is 0 Å². The van der Waals surface area contributed by atoms with Gasteiger partial charge >= 0.3 is 0 Å². The third kappa shape index (κ3) is 4.54. The van der Waals surface area contributed by atoms with E-state index < -0.39 is 10.0 Å². The quantitative estimate of drug-likeness (QED) is 0.772. The molecule has 1 aliphatic rings. The second-order valence-electron chi connectivity index (χ2n) is 7.07. The van der Waals surface area contributed by atoms with Crippen LogP contribution in [0.15, 0.2) is 53.4 Å². The van der Waals surface area contributed by atoms with Gasteiger partial charge in [0.05, 0.1) is 7.11 Å². The summed E-state index contributed by atoms with van der Waals surface area (Å²) in [6.07, 6.45) is 4.15. The molecule has 2 aromatic carbocycles. The first-order valence-corrected chi connectivity index (χ1v) is 10.8. The van der Waals surface area contributed by atoms with Crippen molar-refractivity contribution in [2.75, 3.05) is 14.2 Å². The van der Waals surface area contributed by atoms with Crippen molar-refractivity contribution < 1.29 is 17.9 Å². The van der Waals surface area contributed by atoms with Crippen LogP contribution in [0.25, 0.3) is 0 Å². The number of hydrogen-bond acceptors (Lipinski definition) is 4. The van der Waals surface area contributed by atoms with Gasteiger partial charge in [-0.3, -0.25) is 4.79 Å². The monoisotopic (exact) mass is 402 g/mol. The molecule has 0 aromatic heterocycles. The zero-order valence-electron chi connectivity index (χ0n) is 16.2. The van der Waals surface area contributed by atoms with Crippen LogP contribution in [0.3, 0.4) is 0 Å². The van der Waals surface area contributed by atoms with Crippen LogP contribution in [0.4, 0.5) is 0 Å². The molecule has 1 N–H and O–H groups in total. The van der Waals surface area contributed by atoms with Crippen molar-refractivity contribution in [2.45, 2.75) is 43.2 Å². The lowest BCUT2D eigenvalue weighted by molar-refractivity contribution is 0.0937. The minimum atomic E-state index is -3.83. The SMILES string of the molecule is COc1ccc(C(=O)NC2CCCC2)cc1S(=O)(=O)N(C)Cc1ccccc1. The van der Waals surface area contributed by atoms with Crippen molar-refractivity contribution in [3.8, 4) is 5.75 Å². The fourth-order valence-corrected chi connectivity index (χ4v) is 4.79. The highest BCUT2D eigenvalue weighted by molar-refractivity contribution is 7.89. The van der Waals surface area contributed by atoms with Crippen molar-refractivity contribution >= 4 is 15.9 Å². The number of nitrogens with one attached hydrogen (secondary N) is 1. The van der Waals surface area contributed by atoms with Crippen LogP contribution >= 0.6 is 0 Å². The number of hydrogen-bond donors (Lipinski definition) is 1. The van der Waals surface area contributed by atoms with E-state index in [1.54, 1.807) is 6.07 Å². The van der Waals surface area contributed by atoms with Gasteiger partial charge in [-0.05, 0) is 36.6 Å². The van der Waals surface area contributed by atoms with Gasteiger partial charge in [0.2, 0.25) is 10.0 Å². The number of sulfonamides is 1. The molecular weight excluding hydrogens is 376 g/mol. The number of carbonyl (C=O) groups excluding carboxylic acids is 1. The normalized spacial score (nSPS) is 15.0. The molecule has 0 heterocycles. The Morgan fingerprint density at radius 2 is 1.82 bits per heavy atom. The summed E-state index contributed by atoms with van der Waals surface area (Å²) in [6, 6.07) is 14.0. The van der Waals surface area contributed by atoms with E-state index in [9.17, 15) is 13.2 Å². The summed E-state index contributed by atoms with van der Waals surface area (Å²) < 4.78 is 32.8. The third-order valence-electron chi connectivity index (χ3n) is 5.05. The number of ether oxygens (including phenoxy) is 1. The zero-order valence-corrected chi connectivity index (χ0v) is 17.0. The molecule has 1 fully saturated rings. The van der Waals surface area contributed by atoms with E-state index in [-0.39, 0.29) is 29.1 Å². The molecule has 1 aliphatic carbocycles. The number of amides is 1. The minimum absolute atomic E-state index is 0.00694. The molecule has 150 valence electrons. The molecule has 2 aromatic rings. The van der Waals surface area contributed by atoms with Crippen LogP contribution in [-0.4, -0.2) is 38.8 Å². The molecule has 0 saturated heterocycles. The Kier molecular flexibility index (Phi) is 6.36. The molecule has 3 rings (SSSR count). The maximum atomic E-state index is 13.1. The Morgan fingerprint density at radius 1 is 1.14 bits per heavy atom. The first-order valence-electron chi connectivity index (χ1n) is 9.41. The van der Waals surface area contributed by atoms with Crippen LogP contribution in [0, 0.1) is 0 Å². The fraction of sp³-hybridized carbons (Fsp3) is 0.381. The van der Waals surface area contributed by atoms with Gasteiger partial charge in [-0.2, -0.15) is 4.31 Å². The molecule has 28 heavy (non-hydrogen) atoms. The highest BCUT2D eigenvalue weighted by Gasteiger charge is 2.27. The van der Waals surface area contributed by atoms with Crippen LogP contribution in [0.1, 0.15) is 41.6 Å². The number of benzene rings is 2. The van der Waals surface area contributed by atoms with Crippen LogP contribution < -0.4 is 10.1 Å². The van der Waals surface area contributed by atoms with Crippen molar-refractivity contribution in [3.05, 3.63) is 59.7 Å². The molecule has 1 saturated carbocycles. The Hall–Kier alpha value is -2.38. The molecule has 0 spiro atoms. The highest BCUT2D eigenvalue weighted by Crippen LogP contribution is 2.28. The van der Waals surface area contributed by atoms with E-state index in [1.807, 2.05) is 30.3 Å². The zero-order chi connectivity index (χ0) is 20.1. The average Bonchev–Trinajstić information content (AvgIpc) is 3.21. The topological polar surface area (TPSA) is 75.7 Å². The molecule has 0 unspecified atom stereocenters. The Balaban J connectivity index is 1.86. The maximum absolute atomic E-state index is 13.1. The molecular formula is C21H26N2O4S. The average molecular weight is 403 g/mol. The van der Waals surface area contributed by atoms with E-state index in [4.69, 9.17) is 4.74 Å². The van der Waals surface area contributed by atoms with Crippen molar-refractivity contribution in [2.24, 2.45) is 0 Å². The van der Waals surface area contributed by atoms with Gasteiger partial charge in [-0.1, -0.05) is 43.2 Å². The summed E-state index contributed by atoms with van der Waals surface area (Å²) >= 11 is 0. The van der Waals surface area contributed by atoms with Gasteiger partial charge in [0, 0.05) is 25.2 Å². The van der Waals surface area contributed by atoms with E-state index in [1.165, 1.54) is 30.6 Å². The van der Waals surface area contributed by atoms with Gasteiger partial charge in [0.15, 0.2) is 0 Å². The second-order valence-corrected chi connectivity index (χ2v) is 9.08. The standard InChI is InChI=1S/C21H26N2O4S/c1-23(15-16-8-4-3-5-9-16)28(25,26)20-14-17(12-13-19(20)27-2)21(24)22-18-10-6-7-11-18/h3-5,8-9,12-14,18H,6-7,10-11,15H2,1-2H3,(H,22,24). The predicted molar refractivity (Wildman–Crippen MR) is 108 cm³/mol. The second kappa shape index (κ2) is 8.75. The first kappa shape index (κ1) is 20.4.